The molecule has 3 rings (SSSR count). The van der Waals surface area contributed by atoms with E-state index in [-0.39, 0.29) is 29.8 Å². The minimum absolute atomic E-state index is 0.0796. The molecule has 1 fully saturated rings. The third-order valence-corrected chi connectivity index (χ3v) is 3.83. The molecule has 1 aromatic carbocycles. The number of rotatable bonds is 3. The Morgan fingerprint density at radius 1 is 1.27 bits per heavy atom. The Hall–Kier alpha value is -2.70. The highest BCUT2D eigenvalue weighted by molar-refractivity contribution is 5.79. The summed E-state index contributed by atoms with van der Waals surface area (Å²) in [6.07, 6.45) is 1.98. The lowest BCUT2D eigenvalue weighted by Crippen LogP contribution is -2.46. The molecule has 0 bridgehead atoms. The number of carbonyl (C=O) groups excluding carboxylic acids is 1. The minimum Gasteiger partial charge on any atom is -0.335 e. The molecule has 1 atom stereocenters. The minimum atomic E-state index is -0.602. The number of amides is 1. The summed E-state index contributed by atoms with van der Waals surface area (Å²) >= 11 is 0. The quantitative estimate of drug-likeness (QED) is 0.876. The number of aromatic nitrogens is 2. The van der Waals surface area contributed by atoms with Gasteiger partial charge in [-0.15, -0.1) is 0 Å². The summed E-state index contributed by atoms with van der Waals surface area (Å²) in [6.45, 7) is 0.599. The summed E-state index contributed by atoms with van der Waals surface area (Å²) in [5.41, 5.74) is -0.0731. The standard InChI is InChI=1S/C15H14FN3O3/c16-11-3-1-9(2-4-11)12-5-6-19(12)13(20)7-10-8-17-15(22)18-14(10)21/h1-4,8,12H,5-7H2,(H2,17,18,21,22)/t12-/m0/s1. The van der Waals surface area contributed by atoms with E-state index in [0.717, 1.165) is 12.0 Å². The van der Waals surface area contributed by atoms with E-state index in [0.29, 0.717) is 6.54 Å². The molecule has 1 aliphatic rings. The van der Waals surface area contributed by atoms with Gasteiger partial charge >= 0.3 is 5.69 Å². The van der Waals surface area contributed by atoms with Crippen LogP contribution in [0, 0.1) is 5.82 Å². The van der Waals surface area contributed by atoms with E-state index in [9.17, 15) is 18.8 Å². The van der Waals surface area contributed by atoms with Crippen molar-refractivity contribution in [1.82, 2.24) is 14.9 Å². The van der Waals surface area contributed by atoms with Gasteiger partial charge in [-0.3, -0.25) is 14.6 Å². The van der Waals surface area contributed by atoms with E-state index >= 15 is 0 Å². The maximum atomic E-state index is 12.9. The van der Waals surface area contributed by atoms with Crippen molar-refractivity contribution in [3.05, 3.63) is 68.2 Å². The second kappa shape index (κ2) is 5.59. The SMILES string of the molecule is O=C(Cc1c[nH]c(=O)[nH]c1=O)N1CC[C@H]1c1ccc(F)cc1. The Labute approximate surface area is 124 Å². The van der Waals surface area contributed by atoms with Crippen LogP contribution in [0.4, 0.5) is 4.39 Å². The highest BCUT2D eigenvalue weighted by Crippen LogP contribution is 2.33. The number of nitrogens with one attached hydrogen (secondary N) is 2. The number of aromatic amines is 2. The molecule has 0 radical (unpaired) electrons. The number of benzene rings is 1. The second-order valence-electron chi connectivity index (χ2n) is 5.22. The van der Waals surface area contributed by atoms with Crippen LogP contribution in [0.5, 0.6) is 0 Å². The van der Waals surface area contributed by atoms with E-state index in [4.69, 9.17) is 0 Å². The van der Waals surface area contributed by atoms with E-state index in [1.54, 1.807) is 17.0 Å². The number of hydrogen-bond donors (Lipinski definition) is 2. The number of halogens is 1. The van der Waals surface area contributed by atoms with Crippen LogP contribution in [-0.2, 0) is 11.2 Å². The summed E-state index contributed by atoms with van der Waals surface area (Å²) in [6, 6.07) is 5.96. The first kappa shape index (κ1) is 14.2. The van der Waals surface area contributed by atoms with Gasteiger partial charge < -0.3 is 9.88 Å². The molecular weight excluding hydrogens is 289 g/mol. The van der Waals surface area contributed by atoms with Crippen LogP contribution < -0.4 is 11.2 Å². The molecule has 7 heteroatoms. The van der Waals surface area contributed by atoms with Gasteiger partial charge in [0.15, 0.2) is 0 Å². The van der Waals surface area contributed by atoms with Crippen molar-refractivity contribution in [1.29, 1.82) is 0 Å². The van der Waals surface area contributed by atoms with Gasteiger partial charge in [0.2, 0.25) is 5.91 Å². The topological polar surface area (TPSA) is 86.0 Å². The van der Waals surface area contributed by atoms with Crippen molar-refractivity contribution >= 4 is 5.91 Å². The first-order valence-electron chi connectivity index (χ1n) is 6.90. The lowest BCUT2D eigenvalue weighted by molar-refractivity contribution is -0.138. The maximum absolute atomic E-state index is 12.9. The van der Waals surface area contributed by atoms with Crippen molar-refractivity contribution in [2.24, 2.45) is 0 Å². The third-order valence-electron chi connectivity index (χ3n) is 3.83. The highest BCUT2D eigenvalue weighted by Gasteiger charge is 2.33. The average Bonchev–Trinajstić information content (AvgIpc) is 2.43. The van der Waals surface area contributed by atoms with Crippen LogP contribution in [0.25, 0.3) is 0 Å². The molecule has 6 nitrogen and oxygen atoms in total. The van der Waals surface area contributed by atoms with Crippen LogP contribution in [0.1, 0.15) is 23.6 Å². The van der Waals surface area contributed by atoms with Crippen LogP contribution in [0.2, 0.25) is 0 Å². The van der Waals surface area contributed by atoms with Gasteiger partial charge in [-0.2, -0.15) is 0 Å². The monoisotopic (exact) mass is 303 g/mol. The van der Waals surface area contributed by atoms with Crippen molar-refractivity contribution < 1.29 is 9.18 Å². The fourth-order valence-electron chi connectivity index (χ4n) is 2.55. The molecule has 1 aliphatic heterocycles. The smallest absolute Gasteiger partial charge is 0.325 e. The fourth-order valence-corrected chi connectivity index (χ4v) is 2.55. The van der Waals surface area contributed by atoms with Gasteiger partial charge in [0.25, 0.3) is 5.56 Å². The molecule has 0 saturated carbocycles. The van der Waals surface area contributed by atoms with Crippen molar-refractivity contribution in [2.45, 2.75) is 18.9 Å². The lowest BCUT2D eigenvalue weighted by Gasteiger charge is -2.41. The first-order valence-corrected chi connectivity index (χ1v) is 6.90. The molecule has 0 spiro atoms. The van der Waals surface area contributed by atoms with Gasteiger partial charge in [-0.05, 0) is 24.1 Å². The molecule has 0 unspecified atom stereocenters. The molecule has 2 heterocycles. The zero-order chi connectivity index (χ0) is 15.7. The van der Waals surface area contributed by atoms with Crippen LogP contribution >= 0.6 is 0 Å². The van der Waals surface area contributed by atoms with Crippen LogP contribution in [-0.4, -0.2) is 27.3 Å². The molecule has 2 N–H and O–H groups in total. The summed E-state index contributed by atoms with van der Waals surface area (Å²) in [5.74, 6) is -0.515. The van der Waals surface area contributed by atoms with Gasteiger partial charge in [0.1, 0.15) is 5.82 Å². The molecule has 1 aromatic heterocycles. The Morgan fingerprint density at radius 3 is 2.59 bits per heavy atom. The molecule has 1 amide bonds. The van der Waals surface area contributed by atoms with E-state index in [1.807, 2.05) is 0 Å². The van der Waals surface area contributed by atoms with Crippen LogP contribution in [0.3, 0.4) is 0 Å². The first-order chi connectivity index (χ1) is 10.5. The second-order valence-corrected chi connectivity index (χ2v) is 5.22. The van der Waals surface area contributed by atoms with Gasteiger partial charge in [0, 0.05) is 18.3 Å². The zero-order valence-electron chi connectivity index (χ0n) is 11.6. The molecular formula is C15H14FN3O3. The predicted octanol–water partition coefficient (Wildman–Crippen LogP) is 0.718. The number of H-pyrrole nitrogens is 2. The number of nitrogens with zero attached hydrogens (tertiary/aromatic N) is 1. The van der Waals surface area contributed by atoms with E-state index in [2.05, 4.69) is 9.97 Å². The maximum Gasteiger partial charge on any atom is 0.325 e. The Morgan fingerprint density at radius 2 is 2.00 bits per heavy atom. The normalized spacial score (nSPS) is 17.1. The molecule has 0 aliphatic carbocycles. The number of hydrogen-bond acceptors (Lipinski definition) is 3. The summed E-state index contributed by atoms with van der Waals surface area (Å²) in [4.78, 5) is 40.9. The van der Waals surface area contributed by atoms with Crippen molar-refractivity contribution in [3.63, 3.8) is 0 Å². The summed E-state index contributed by atoms with van der Waals surface area (Å²) < 4.78 is 12.9. The predicted molar refractivity (Wildman–Crippen MR) is 76.9 cm³/mol. The lowest BCUT2D eigenvalue weighted by atomic mass is 9.94. The number of carbonyl (C=O) groups is 1. The van der Waals surface area contributed by atoms with Gasteiger partial charge in [-0.1, -0.05) is 12.1 Å². The zero-order valence-corrected chi connectivity index (χ0v) is 11.6. The van der Waals surface area contributed by atoms with E-state index < -0.39 is 11.2 Å². The highest BCUT2D eigenvalue weighted by atomic mass is 19.1. The third kappa shape index (κ3) is 2.69. The molecule has 1 saturated heterocycles. The Kier molecular flexibility index (Phi) is 3.62. The fraction of sp³-hybridized carbons (Fsp3) is 0.267. The molecule has 22 heavy (non-hydrogen) atoms. The van der Waals surface area contributed by atoms with Gasteiger partial charge in [0.05, 0.1) is 12.5 Å². The summed E-state index contributed by atoms with van der Waals surface area (Å²) in [5, 5.41) is 0. The molecule has 2 aromatic rings. The Balaban J connectivity index is 1.74. The average molecular weight is 303 g/mol. The van der Waals surface area contributed by atoms with Crippen molar-refractivity contribution in [3.8, 4) is 0 Å². The molecule has 114 valence electrons. The number of likely N-dealkylation sites (tertiary alicyclic amines) is 1. The van der Waals surface area contributed by atoms with Crippen molar-refractivity contribution in [2.75, 3.05) is 6.54 Å². The largest absolute Gasteiger partial charge is 0.335 e. The van der Waals surface area contributed by atoms with Crippen LogP contribution in [0.15, 0.2) is 40.1 Å². The Bertz CT molecular complexity index is 810. The van der Waals surface area contributed by atoms with E-state index in [1.165, 1.54) is 18.3 Å². The van der Waals surface area contributed by atoms with Gasteiger partial charge in [-0.25, -0.2) is 9.18 Å². The summed E-state index contributed by atoms with van der Waals surface area (Å²) in [7, 11) is 0.